The highest BCUT2D eigenvalue weighted by molar-refractivity contribution is 5.65. The third kappa shape index (κ3) is 5.65. The zero-order chi connectivity index (χ0) is 19.1. The number of hydrogen-bond acceptors (Lipinski definition) is 7. The molecule has 0 saturated carbocycles. The third-order valence-electron chi connectivity index (χ3n) is 3.86. The van der Waals surface area contributed by atoms with Crippen LogP contribution in [-0.4, -0.2) is 52.1 Å². The van der Waals surface area contributed by atoms with Crippen molar-refractivity contribution in [2.24, 2.45) is 0 Å². The Balaban J connectivity index is 1.82. The van der Waals surface area contributed by atoms with E-state index in [1.807, 2.05) is 24.3 Å². The quantitative estimate of drug-likeness (QED) is 0.417. The second-order valence-corrected chi connectivity index (χ2v) is 6.43. The smallest absolute Gasteiger partial charge is 0.225 e. The Morgan fingerprint density at radius 3 is 2.52 bits per heavy atom. The van der Waals surface area contributed by atoms with Crippen LogP contribution in [-0.2, 0) is 0 Å². The Kier molecular flexibility index (Phi) is 6.17. The highest BCUT2D eigenvalue weighted by Crippen LogP contribution is 2.23. The van der Waals surface area contributed by atoms with Crippen LogP contribution < -0.4 is 10.6 Å². The van der Waals surface area contributed by atoms with Crippen LogP contribution in [0.15, 0.2) is 54.7 Å². The molecule has 1 aromatic carbocycles. The van der Waals surface area contributed by atoms with Crippen molar-refractivity contribution < 1.29 is 5.11 Å². The van der Waals surface area contributed by atoms with Crippen LogP contribution in [0.25, 0.3) is 11.4 Å². The molecule has 140 valence electrons. The van der Waals surface area contributed by atoms with Gasteiger partial charge in [0, 0.05) is 24.5 Å². The largest absolute Gasteiger partial charge is 0.508 e. The Labute approximate surface area is 159 Å². The standard InChI is InChI=1S/C20H24N6O/c1-26(2)13-5-12-22-20-24-18(17-6-3-4-11-21-17)14-19(25-20)23-15-7-9-16(27)10-8-15/h3-4,6-11,14,27H,5,12-13H2,1-2H3,(H2,22,23,24,25). The van der Waals surface area contributed by atoms with E-state index in [2.05, 4.69) is 44.6 Å². The van der Waals surface area contributed by atoms with Crippen molar-refractivity contribution in [1.82, 2.24) is 19.9 Å². The van der Waals surface area contributed by atoms with Crippen molar-refractivity contribution in [1.29, 1.82) is 0 Å². The van der Waals surface area contributed by atoms with Crippen molar-refractivity contribution >= 4 is 17.5 Å². The number of pyridine rings is 1. The van der Waals surface area contributed by atoms with E-state index in [1.54, 1.807) is 30.5 Å². The van der Waals surface area contributed by atoms with Crippen molar-refractivity contribution in [3.63, 3.8) is 0 Å². The van der Waals surface area contributed by atoms with Gasteiger partial charge >= 0.3 is 0 Å². The summed E-state index contributed by atoms with van der Waals surface area (Å²) < 4.78 is 0. The van der Waals surface area contributed by atoms with E-state index < -0.39 is 0 Å². The molecule has 0 aliphatic heterocycles. The Bertz CT molecular complexity index is 852. The first-order valence-electron chi connectivity index (χ1n) is 8.85. The first-order valence-corrected chi connectivity index (χ1v) is 8.85. The molecule has 0 amide bonds. The van der Waals surface area contributed by atoms with E-state index >= 15 is 0 Å². The van der Waals surface area contributed by atoms with E-state index in [9.17, 15) is 5.11 Å². The fourth-order valence-corrected chi connectivity index (χ4v) is 2.52. The van der Waals surface area contributed by atoms with Gasteiger partial charge in [-0.1, -0.05) is 6.07 Å². The second-order valence-electron chi connectivity index (χ2n) is 6.43. The number of rotatable bonds is 8. The summed E-state index contributed by atoms with van der Waals surface area (Å²) >= 11 is 0. The summed E-state index contributed by atoms with van der Waals surface area (Å²) in [6, 6.07) is 14.4. The molecule has 7 heteroatoms. The van der Waals surface area contributed by atoms with Gasteiger partial charge in [-0.25, -0.2) is 4.98 Å². The molecule has 3 rings (SSSR count). The number of nitrogens with one attached hydrogen (secondary N) is 2. The highest BCUT2D eigenvalue weighted by atomic mass is 16.3. The van der Waals surface area contributed by atoms with Crippen LogP contribution in [0.2, 0.25) is 0 Å². The number of aromatic hydroxyl groups is 1. The fraction of sp³-hybridized carbons (Fsp3) is 0.250. The summed E-state index contributed by atoms with van der Waals surface area (Å²) in [4.78, 5) is 15.7. The first kappa shape index (κ1) is 18.6. The van der Waals surface area contributed by atoms with E-state index in [-0.39, 0.29) is 5.75 Å². The van der Waals surface area contributed by atoms with Gasteiger partial charge in [-0.05, 0) is 63.5 Å². The molecule has 0 bridgehead atoms. The van der Waals surface area contributed by atoms with Crippen molar-refractivity contribution in [2.75, 3.05) is 37.8 Å². The van der Waals surface area contributed by atoms with Crippen molar-refractivity contribution in [2.45, 2.75) is 6.42 Å². The average molecular weight is 364 g/mol. The van der Waals surface area contributed by atoms with E-state index in [0.29, 0.717) is 11.8 Å². The lowest BCUT2D eigenvalue weighted by molar-refractivity contribution is 0.405. The van der Waals surface area contributed by atoms with Gasteiger partial charge in [0.25, 0.3) is 0 Å². The normalized spacial score (nSPS) is 10.8. The molecule has 7 nitrogen and oxygen atoms in total. The second kappa shape index (κ2) is 8.95. The van der Waals surface area contributed by atoms with Crippen molar-refractivity contribution in [3.8, 4) is 17.1 Å². The Morgan fingerprint density at radius 2 is 1.81 bits per heavy atom. The van der Waals surface area contributed by atoms with Gasteiger partial charge in [0.2, 0.25) is 5.95 Å². The van der Waals surface area contributed by atoms with Crippen molar-refractivity contribution in [3.05, 3.63) is 54.7 Å². The van der Waals surface area contributed by atoms with Gasteiger partial charge in [0.15, 0.2) is 0 Å². The molecular weight excluding hydrogens is 340 g/mol. The molecule has 27 heavy (non-hydrogen) atoms. The highest BCUT2D eigenvalue weighted by Gasteiger charge is 2.08. The number of hydrogen-bond donors (Lipinski definition) is 3. The van der Waals surface area contributed by atoms with Gasteiger partial charge in [-0.2, -0.15) is 4.98 Å². The van der Waals surface area contributed by atoms with Gasteiger partial charge in [-0.3, -0.25) is 4.98 Å². The predicted molar refractivity (Wildman–Crippen MR) is 108 cm³/mol. The number of nitrogens with zero attached hydrogens (tertiary/aromatic N) is 4. The Morgan fingerprint density at radius 1 is 1.00 bits per heavy atom. The first-order chi connectivity index (χ1) is 13.1. The topological polar surface area (TPSA) is 86.2 Å². The zero-order valence-corrected chi connectivity index (χ0v) is 15.6. The SMILES string of the molecule is CN(C)CCCNc1nc(Nc2ccc(O)cc2)cc(-c2ccccn2)n1. The molecule has 3 aromatic rings. The summed E-state index contributed by atoms with van der Waals surface area (Å²) in [6.07, 6.45) is 2.74. The molecule has 0 fully saturated rings. The number of anilines is 3. The fourth-order valence-electron chi connectivity index (χ4n) is 2.52. The summed E-state index contributed by atoms with van der Waals surface area (Å²) in [5.74, 6) is 1.44. The maximum Gasteiger partial charge on any atom is 0.225 e. The molecule has 0 aliphatic rings. The number of aromatic nitrogens is 3. The van der Waals surface area contributed by atoms with Gasteiger partial charge < -0.3 is 20.6 Å². The van der Waals surface area contributed by atoms with Crippen LogP contribution in [0.4, 0.5) is 17.5 Å². The third-order valence-corrected chi connectivity index (χ3v) is 3.86. The van der Waals surface area contributed by atoms with Crippen LogP contribution in [0.1, 0.15) is 6.42 Å². The molecule has 3 N–H and O–H groups in total. The van der Waals surface area contributed by atoms with Gasteiger partial charge in [0.1, 0.15) is 11.6 Å². The molecule has 0 unspecified atom stereocenters. The van der Waals surface area contributed by atoms with Crippen LogP contribution in [0.3, 0.4) is 0 Å². The molecule has 0 radical (unpaired) electrons. The van der Waals surface area contributed by atoms with Crippen LogP contribution in [0, 0.1) is 0 Å². The molecule has 0 atom stereocenters. The minimum Gasteiger partial charge on any atom is -0.508 e. The minimum atomic E-state index is 0.223. The maximum atomic E-state index is 9.44. The Hall–Kier alpha value is -3.19. The molecule has 0 spiro atoms. The van der Waals surface area contributed by atoms with E-state index in [1.165, 1.54) is 0 Å². The zero-order valence-electron chi connectivity index (χ0n) is 15.6. The number of phenolic OH excluding ortho intramolecular Hbond substituents is 1. The molecule has 2 heterocycles. The maximum absolute atomic E-state index is 9.44. The van der Waals surface area contributed by atoms with Gasteiger partial charge in [-0.15, -0.1) is 0 Å². The van der Waals surface area contributed by atoms with Gasteiger partial charge in [0.05, 0.1) is 11.4 Å². The molecular formula is C20H24N6O. The number of phenols is 1. The minimum absolute atomic E-state index is 0.223. The van der Waals surface area contributed by atoms with Crippen LogP contribution in [0.5, 0.6) is 5.75 Å². The van der Waals surface area contributed by atoms with E-state index in [0.717, 1.165) is 36.6 Å². The lowest BCUT2D eigenvalue weighted by Crippen LogP contribution is -2.17. The molecule has 0 saturated heterocycles. The summed E-state index contributed by atoms with van der Waals surface area (Å²) in [7, 11) is 4.11. The summed E-state index contributed by atoms with van der Waals surface area (Å²) in [5.41, 5.74) is 2.35. The predicted octanol–water partition coefficient (Wildman–Crippen LogP) is 3.35. The number of benzene rings is 1. The molecule has 0 aliphatic carbocycles. The molecule has 2 aromatic heterocycles. The van der Waals surface area contributed by atoms with Crippen LogP contribution >= 0.6 is 0 Å². The van der Waals surface area contributed by atoms with E-state index in [4.69, 9.17) is 0 Å². The summed E-state index contributed by atoms with van der Waals surface area (Å²) in [6.45, 7) is 1.77. The lowest BCUT2D eigenvalue weighted by atomic mass is 10.2. The lowest BCUT2D eigenvalue weighted by Gasteiger charge is -2.12. The monoisotopic (exact) mass is 364 g/mol. The summed E-state index contributed by atoms with van der Waals surface area (Å²) in [5, 5.41) is 16.0. The average Bonchev–Trinajstić information content (AvgIpc) is 2.67.